The average Bonchev–Trinajstić information content (AvgIpc) is 2.75. The minimum Gasteiger partial charge on any atom is -0.380 e. The van der Waals surface area contributed by atoms with E-state index in [9.17, 15) is 0 Å². The zero-order valence-electron chi connectivity index (χ0n) is 10.1. The van der Waals surface area contributed by atoms with Gasteiger partial charge in [0.25, 0.3) is 0 Å². The Labute approximate surface area is 97.2 Å². The maximum absolute atomic E-state index is 5.46. The van der Waals surface area contributed by atoms with Crippen LogP contribution in [-0.4, -0.2) is 24.2 Å². The smallest absolute Gasteiger partial charge is 0.0724 e. The van der Waals surface area contributed by atoms with Crippen LogP contribution in [0.4, 0.5) is 0 Å². The second-order valence-corrected chi connectivity index (χ2v) is 4.46. The molecule has 1 aliphatic carbocycles. The van der Waals surface area contributed by atoms with E-state index in [1.54, 1.807) is 7.11 Å². The van der Waals surface area contributed by atoms with Crippen LogP contribution in [0.5, 0.6) is 0 Å². The summed E-state index contributed by atoms with van der Waals surface area (Å²) in [6, 6.07) is 4.57. The first kappa shape index (κ1) is 11.6. The highest BCUT2D eigenvalue weighted by molar-refractivity contribution is 5.17. The van der Waals surface area contributed by atoms with Crippen LogP contribution in [0.15, 0.2) is 18.3 Å². The van der Waals surface area contributed by atoms with Crippen molar-refractivity contribution in [3.05, 3.63) is 29.6 Å². The maximum atomic E-state index is 5.46. The van der Waals surface area contributed by atoms with Crippen LogP contribution in [0.3, 0.4) is 0 Å². The maximum Gasteiger partial charge on any atom is 0.0724 e. The molecule has 2 rings (SSSR count). The molecule has 1 aromatic rings. The lowest BCUT2D eigenvalue weighted by molar-refractivity contribution is 0.0846. The molecule has 1 heterocycles. The molecule has 3 heteroatoms. The molecular weight excluding hydrogens is 200 g/mol. The number of nitrogens with one attached hydrogen (secondary N) is 1. The number of nitrogens with zero attached hydrogens (tertiary/aromatic N) is 1. The van der Waals surface area contributed by atoms with Gasteiger partial charge in [0.1, 0.15) is 0 Å². The van der Waals surface area contributed by atoms with Crippen LogP contribution >= 0.6 is 0 Å². The highest BCUT2D eigenvalue weighted by atomic mass is 16.5. The Morgan fingerprint density at radius 2 is 2.38 bits per heavy atom. The highest BCUT2D eigenvalue weighted by Gasteiger charge is 2.26. The third-order valence-corrected chi connectivity index (χ3v) is 3.40. The molecule has 0 aromatic carbocycles. The molecule has 1 N–H and O–H groups in total. The van der Waals surface area contributed by atoms with Crippen molar-refractivity contribution in [2.24, 2.45) is 0 Å². The first-order valence-electron chi connectivity index (χ1n) is 5.98. The predicted molar refractivity (Wildman–Crippen MR) is 64.2 cm³/mol. The lowest BCUT2D eigenvalue weighted by Crippen LogP contribution is -2.36. The minimum absolute atomic E-state index is 0.379. The molecule has 1 saturated carbocycles. The Morgan fingerprint density at radius 3 is 3.12 bits per heavy atom. The Kier molecular flexibility index (Phi) is 3.91. The summed E-state index contributed by atoms with van der Waals surface area (Å²) in [5.74, 6) is 0. The zero-order valence-corrected chi connectivity index (χ0v) is 10.1. The zero-order chi connectivity index (χ0) is 11.4. The fourth-order valence-electron chi connectivity index (χ4n) is 2.37. The second-order valence-electron chi connectivity index (χ2n) is 4.46. The lowest BCUT2D eigenvalue weighted by Gasteiger charge is -2.19. The number of methoxy groups -OCH3 is 1. The van der Waals surface area contributed by atoms with Gasteiger partial charge in [0.05, 0.1) is 11.8 Å². The van der Waals surface area contributed by atoms with Crippen LogP contribution in [0.1, 0.15) is 30.5 Å². The van der Waals surface area contributed by atoms with Crippen molar-refractivity contribution >= 4 is 0 Å². The van der Waals surface area contributed by atoms with E-state index in [-0.39, 0.29) is 0 Å². The summed E-state index contributed by atoms with van der Waals surface area (Å²) in [4.78, 5) is 4.39. The molecule has 2 unspecified atom stereocenters. The number of aromatic nitrogens is 1. The monoisotopic (exact) mass is 220 g/mol. The van der Waals surface area contributed by atoms with E-state index in [4.69, 9.17) is 4.74 Å². The molecule has 1 fully saturated rings. The van der Waals surface area contributed by atoms with Gasteiger partial charge in [0.2, 0.25) is 0 Å². The van der Waals surface area contributed by atoms with E-state index >= 15 is 0 Å². The number of hydrogen-bond acceptors (Lipinski definition) is 3. The Bertz CT molecular complexity index is 340. The van der Waals surface area contributed by atoms with Gasteiger partial charge in [-0.1, -0.05) is 6.07 Å². The van der Waals surface area contributed by atoms with Crippen molar-refractivity contribution in [2.75, 3.05) is 7.11 Å². The van der Waals surface area contributed by atoms with Crippen molar-refractivity contribution in [1.29, 1.82) is 0 Å². The first-order chi connectivity index (χ1) is 7.81. The van der Waals surface area contributed by atoms with Crippen LogP contribution in [0.2, 0.25) is 0 Å². The Hall–Kier alpha value is -0.930. The third kappa shape index (κ3) is 2.60. The summed E-state index contributed by atoms with van der Waals surface area (Å²) < 4.78 is 5.46. The van der Waals surface area contributed by atoms with Gasteiger partial charge in [-0.05, 0) is 37.8 Å². The fourth-order valence-corrected chi connectivity index (χ4v) is 2.37. The quantitative estimate of drug-likeness (QED) is 0.843. The van der Waals surface area contributed by atoms with Gasteiger partial charge in [-0.3, -0.25) is 4.98 Å². The summed E-state index contributed by atoms with van der Waals surface area (Å²) >= 11 is 0. The minimum atomic E-state index is 0.379. The van der Waals surface area contributed by atoms with E-state index in [0.717, 1.165) is 12.2 Å². The summed E-state index contributed by atoms with van der Waals surface area (Å²) in [6.45, 7) is 2.95. The van der Waals surface area contributed by atoms with E-state index in [2.05, 4.69) is 23.3 Å². The van der Waals surface area contributed by atoms with Crippen LogP contribution in [0, 0.1) is 6.92 Å². The molecule has 0 aliphatic heterocycles. The van der Waals surface area contributed by atoms with Gasteiger partial charge in [-0.25, -0.2) is 0 Å². The first-order valence-corrected chi connectivity index (χ1v) is 5.98. The molecule has 0 radical (unpaired) electrons. The van der Waals surface area contributed by atoms with E-state index in [1.165, 1.54) is 24.8 Å². The van der Waals surface area contributed by atoms with Crippen molar-refractivity contribution in [2.45, 2.75) is 44.9 Å². The van der Waals surface area contributed by atoms with Crippen molar-refractivity contribution in [3.8, 4) is 0 Å². The van der Waals surface area contributed by atoms with Gasteiger partial charge < -0.3 is 10.1 Å². The molecule has 0 bridgehead atoms. The standard InChI is InChI=1S/C13H20N2O/c1-10-5-4-8-14-12(10)9-15-11-6-3-7-13(11)16-2/h4-5,8,11,13,15H,3,6-7,9H2,1-2H3. The summed E-state index contributed by atoms with van der Waals surface area (Å²) in [5, 5.41) is 3.55. The molecule has 0 amide bonds. The number of aryl methyl sites for hydroxylation is 1. The van der Waals surface area contributed by atoms with Gasteiger partial charge in [0.15, 0.2) is 0 Å². The molecule has 88 valence electrons. The summed E-state index contributed by atoms with van der Waals surface area (Å²) in [6.07, 6.45) is 5.88. The largest absolute Gasteiger partial charge is 0.380 e. The fraction of sp³-hybridized carbons (Fsp3) is 0.615. The van der Waals surface area contributed by atoms with Crippen LogP contribution < -0.4 is 5.32 Å². The topological polar surface area (TPSA) is 34.1 Å². The molecule has 16 heavy (non-hydrogen) atoms. The van der Waals surface area contributed by atoms with E-state index in [1.807, 2.05) is 12.3 Å². The lowest BCUT2D eigenvalue weighted by atomic mass is 10.2. The summed E-state index contributed by atoms with van der Waals surface area (Å²) in [7, 11) is 1.80. The third-order valence-electron chi connectivity index (χ3n) is 3.40. The number of rotatable bonds is 4. The van der Waals surface area contributed by atoms with Crippen LogP contribution in [0.25, 0.3) is 0 Å². The Morgan fingerprint density at radius 1 is 1.50 bits per heavy atom. The molecule has 3 nitrogen and oxygen atoms in total. The molecule has 1 aromatic heterocycles. The number of pyridine rings is 1. The normalized spacial score (nSPS) is 24.9. The number of ether oxygens (including phenoxy) is 1. The average molecular weight is 220 g/mol. The van der Waals surface area contributed by atoms with E-state index in [0.29, 0.717) is 12.1 Å². The Balaban J connectivity index is 1.90. The van der Waals surface area contributed by atoms with Gasteiger partial charge in [-0.15, -0.1) is 0 Å². The highest BCUT2D eigenvalue weighted by Crippen LogP contribution is 2.21. The molecular formula is C13H20N2O. The second kappa shape index (κ2) is 5.41. The summed E-state index contributed by atoms with van der Waals surface area (Å²) in [5.41, 5.74) is 2.39. The molecule has 2 atom stereocenters. The number of hydrogen-bond donors (Lipinski definition) is 1. The molecule has 1 aliphatic rings. The predicted octanol–water partition coefficient (Wildman–Crippen LogP) is 2.05. The van der Waals surface area contributed by atoms with Crippen molar-refractivity contribution in [1.82, 2.24) is 10.3 Å². The van der Waals surface area contributed by atoms with Crippen molar-refractivity contribution in [3.63, 3.8) is 0 Å². The van der Waals surface area contributed by atoms with Gasteiger partial charge in [-0.2, -0.15) is 0 Å². The molecule has 0 spiro atoms. The van der Waals surface area contributed by atoms with Crippen molar-refractivity contribution < 1.29 is 4.74 Å². The van der Waals surface area contributed by atoms with Crippen LogP contribution in [-0.2, 0) is 11.3 Å². The van der Waals surface area contributed by atoms with E-state index < -0.39 is 0 Å². The van der Waals surface area contributed by atoms with Gasteiger partial charge >= 0.3 is 0 Å². The van der Waals surface area contributed by atoms with Gasteiger partial charge in [0, 0.05) is 25.9 Å². The SMILES string of the molecule is COC1CCCC1NCc1ncccc1C. The molecule has 0 saturated heterocycles.